The average molecular weight is 178 g/mol. The molecule has 0 spiro atoms. The maximum Gasteiger partial charge on any atom is 0.125 e. The largest absolute Gasteiger partial charge is 0.242 e. The number of hydrogen-bond acceptors (Lipinski definition) is 3. The van der Waals surface area contributed by atoms with Crippen molar-refractivity contribution < 1.29 is 0 Å². The van der Waals surface area contributed by atoms with Crippen molar-refractivity contribution in [2.75, 3.05) is 5.75 Å². The van der Waals surface area contributed by atoms with Crippen LogP contribution in [0, 0.1) is 19.3 Å². The summed E-state index contributed by atoms with van der Waals surface area (Å²) in [5.41, 5.74) is 0.875. The van der Waals surface area contributed by atoms with E-state index in [2.05, 4.69) is 28.5 Å². The molecule has 62 valence electrons. The third kappa shape index (κ3) is 1.99. The third-order valence-corrected chi connectivity index (χ3v) is 1.90. The molecular formula is C9H10N2S. The lowest BCUT2D eigenvalue weighted by atomic mass is 10.1. The van der Waals surface area contributed by atoms with Crippen molar-refractivity contribution in [3.8, 4) is 12.3 Å². The van der Waals surface area contributed by atoms with E-state index >= 15 is 0 Å². The summed E-state index contributed by atoms with van der Waals surface area (Å²) in [5, 5.41) is 0. The predicted octanol–water partition coefficient (Wildman–Crippen LogP) is 1.43. The Morgan fingerprint density at radius 2 is 2.50 bits per heavy atom. The van der Waals surface area contributed by atoms with Gasteiger partial charge in [0.1, 0.15) is 5.82 Å². The molecule has 0 fully saturated rings. The minimum Gasteiger partial charge on any atom is -0.242 e. The molecule has 0 saturated heterocycles. The van der Waals surface area contributed by atoms with Gasteiger partial charge in [-0.2, -0.15) is 12.6 Å². The molecule has 1 rings (SSSR count). The highest BCUT2D eigenvalue weighted by atomic mass is 32.1. The van der Waals surface area contributed by atoms with Crippen LogP contribution in [0.1, 0.15) is 17.4 Å². The molecule has 12 heavy (non-hydrogen) atoms. The lowest BCUT2D eigenvalue weighted by Crippen LogP contribution is -2.02. The van der Waals surface area contributed by atoms with E-state index in [1.807, 2.05) is 13.0 Å². The topological polar surface area (TPSA) is 25.8 Å². The molecule has 0 bridgehead atoms. The van der Waals surface area contributed by atoms with Crippen LogP contribution in [-0.4, -0.2) is 15.7 Å². The fourth-order valence-electron chi connectivity index (χ4n) is 0.900. The number of hydrogen-bond donors (Lipinski definition) is 1. The van der Waals surface area contributed by atoms with E-state index in [1.165, 1.54) is 0 Å². The fraction of sp³-hybridized carbons (Fsp3) is 0.333. The molecule has 2 nitrogen and oxygen atoms in total. The van der Waals surface area contributed by atoms with Gasteiger partial charge in [-0.1, -0.05) is 5.92 Å². The van der Waals surface area contributed by atoms with Gasteiger partial charge < -0.3 is 0 Å². The summed E-state index contributed by atoms with van der Waals surface area (Å²) in [6.45, 7) is 1.84. The molecule has 0 amide bonds. The number of nitrogens with zero attached hydrogens (tertiary/aromatic N) is 2. The molecule has 1 unspecified atom stereocenters. The summed E-state index contributed by atoms with van der Waals surface area (Å²) in [5.74, 6) is 3.99. The van der Waals surface area contributed by atoms with Gasteiger partial charge in [-0.3, -0.25) is 0 Å². The van der Waals surface area contributed by atoms with Gasteiger partial charge in [-0.05, 0) is 13.0 Å². The van der Waals surface area contributed by atoms with Gasteiger partial charge in [0, 0.05) is 11.9 Å². The first-order valence-electron chi connectivity index (χ1n) is 3.64. The molecule has 0 N–H and O–H groups in total. The first kappa shape index (κ1) is 9.08. The minimum atomic E-state index is -0.00460. The van der Waals surface area contributed by atoms with Crippen LogP contribution in [0.3, 0.4) is 0 Å². The van der Waals surface area contributed by atoms with Crippen LogP contribution < -0.4 is 0 Å². The highest BCUT2D eigenvalue weighted by molar-refractivity contribution is 7.80. The van der Waals surface area contributed by atoms with Crippen molar-refractivity contribution in [2.45, 2.75) is 12.8 Å². The number of aryl methyl sites for hydroxylation is 1. The highest BCUT2D eigenvalue weighted by Gasteiger charge is 2.06. The molecule has 3 heteroatoms. The SMILES string of the molecule is C#CC(CS)c1ccnc(C)n1. The van der Waals surface area contributed by atoms with Gasteiger partial charge in [-0.15, -0.1) is 6.42 Å². The Morgan fingerprint density at radius 3 is 3.00 bits per heavy atom. The number of terminal acetylenes is 1. The van der Waals surface area contributed by atoms with Crippen LogP contribution >= 0.6 is 12.6 Å². The van der Waals surface area contributed by atoms with E-state index in [0.29, 0.717) is 5.75 Å². The summed E-state index contributed by atoms with van der Waals surface area (Å²) in [4.78, 5) is 8.20. The predicted molar refractivity (Wildman–Crippen MR) is 52.2 cm³/mol. The fourth-order valence-corrected chi connectivity index (χ4v) is 1.19. The van der Waals surface area contributed by atoms with Crippen molar-refractivity contribution >= 4 is 12.6 Å². The number of thiol groups is 1. The van der Waals surface area contributed by atoms with E-state index in [9.17, 15) is 0 Å². The zero-order chi connectivity index (χ0) is 8.97. The van der Waals surface area contributed by atoms with E-state index in [0.717, 1.165) is 11.5 Å². The standard InChI is InChI=1S/C9H10N2S/c1-3-8(6-12)9-4-5-10-7(2)11-9/h1,4-5,8,12H,6H2,2H3. The zero-order valence-electron chi connectivity index (χ0n) is 6.86. The third-order valence-electron chi connectivity index (χ3n) is 1.54. The van der Waals surface area contributed by atoms with E-state index in [1.54, 1.807) is 6.20 Å². The Morgan fingerprint density at radius 1 is 1.75 bits per heavy atom. The van der Waals surface area contributed by atoms with Crippen LogP contribution in [-0.2, 0) is 0 Å². The monoisotopic (exact) mass is 178 g/mol. The summed E-state index contributed by atoms with van der Waals surface area (Å²) in [6, 6.07) is 1.83. The summed E-state index contributed by atoms with van der Waals surface area (Å²) in [7, 11) is 0. The van der Waals surface area contributed by atoms with Gasteiger partial charge in [0.25, 0.3) is 0 Å². The Balaban J connectivity index is 2.95. The van der Waals surface area contributed by atoms with Gasteiger partial charge >= 0.3 is 0 Å². The second-order valence-corrected chi connectivity index (χ2v) is 2.80. The Kier molecular flexibility index (Phi) is 3.12. The lowest BCUT2D eigenvalue weighted by Gasteiger charge is -2.05. The Labute approximate surface area is 77.8 Å². The van der Waals surface area contributed by atoms with Gasteiger partial charge in [0.05, 0.1) is 11.6 Å². The summed E-state index contributed by atoms with van der Waals surface area (Å²) < 4.78 is 0. The van der Waals surface area contributed by atoms with E-state index in [4.69, 9.17) is 6.42 Å². The van der Waals surface area contributed by atoms with Crippen LogP contribution in [0.5, 0.6) is 0 Å². The lowest BCUT2D eigenvalue weighted by molar-refractivity contribution is 0.900. The molecule has 1 aromatic rings. The zero-order valence-corrected chi connectivity index (χ0v) is 7.75. The molecule has 1 aromatic heterocycles. The molecule has 1 heterocycles. The maximum absolute atomic E-state index is 5.31. The average Bonchev–Trinajstić information content (AvgIpc) is 2.07. The van der Waals surface area contributed by atoms with Crippen molar-refractivity contribution in [1.29, 1.82) is 0 Å². The minimum absolute atomic E-state index is 0.00460. The molecule has 0 aliphatic carbocycles. The maximum atomic E-state index is 5.31. The van der Waals surface area contributed by atoms with Gasteiger partial charge in [0.2, 0.25) is 0 Å². The molecule has 0 aromatic carbocycles. The van der Waals surface area contributed by atoms with Gasteiger partial charge in [0.15, 0.2) is 0 Å². The van der Waals surface area contributed by atoms with Crippen molar-refractivity contribution in [3.63, 3.8) is 0 Å². The summed E-state index contributed by atoms with van der Waals surface area (Å²) in [6.07, 6.45) is 7.02. The molecule has 0 saturated carbocycles. The van der Waals surface area contributed by atoms with Crippen molar-refractivity contribution in [1.82, 2.24) is 9.97 Å². The van der Waals surface area contributed by atoms with E-state index < -0.39 is 0 Å². The van der Waals surface area contributed by atoms with Crippen LogP contribution in [0.25, 0.3) is 0 Å². The normalized spacial score (nSPS) is 12.1. The molecule has 1 atom stereocenters. The van der Waals surface area contributed by atoms with Crippen LogP contribution in [0.15, 0.2) is 12.3 Å². The summed E-state index contributed by atoms with van der Waals surface area (Å²) >= 11 is 4.14. The molecule has 0 radical (unpaired) electrons. The van der Waals surface area contributed by atoms with Crippen molar-refractivity contribution in [2.24, 2.45) is 0 Å². The van der Waals surface area contributed by atoms with E-state index in [-0.39, 0.29) is 5.92 Å². The second kappa shape index (κ2) is 4.13. The Bertz CT molecular complexity index is 304. The molecular weight excluding hydrogens is 168 g/mol. The molecule has 0 aliphatic rings. The smallest absolute Gasteiger partial charge is 0.125 e. The first-order chi connectivity index (χ1) is 5.77. The van der Waals surface area contributed by atoms with Crippen LogP contribution in [0.2, 0.25) is 0 Å². The second-order valence-electron chi connectivity index (χ2n) is 2.43. The highest BCUT2D eigenvalue weighted by Crippen LogP contribution is 2.12. The number of rotatable bonds is 2. The first-order valence-corrected chi connectivity index (χ1v) is 4.27. The Hall–Kier alpha value is -1.01. The van der Waals surface area contributed by atoms with Crippen LogP contribution in [0.4, 0.5) is 0 Å². The quantitative estimate of drug-likeness (QED) is 0.547. The van der Waals surface area contributed by atoms with Crippen molar-refractivity contribution in [3.05, 3.63) is 23.8 Å². The molecule has 0 aliphatic heterocycles. The van der Waals surface area contributed by atoms with Gasteiger partial charge in [-0.25, -0.2) is 9.97 Å². The number of aromatic nitrogens is 2.